The molecule has 0 saturated heterocycles. The minimum absolute atomic E-state index is 0.642. The van der Waals surface area contributed by atoms with Gasteiger partial charge < -0.3 is 5.32 Å². The molecule has 0 saturated carbocycles. The third-order valence-electron chi connectivity index (χ3n) is 2.81. The minimum Gasteiger partial charge on any atom is -0.311 e. The average Bonchev–Trinajstić information content (AvgIpc) is 2.77. The van der Waals surface area contributed by atoms with Gasteiger partial charge in [0.05, 0.1) is 17.6 Å². The number of hydrogen-bond acceptors (Lipinski definition) is 3. The van der Waals surface area contributed by atoms with Gasteiger partial charge in [-0.3, -0.25) is 0 Å². The first-order valence-electron chi connectivity index (χ1n) is 6.44. The molecule has 2 rings (SSSR count). The van der Waals surface area contributed by atoms with E-state index in [9.17, 15) is 0 Å². The molecular weight excluding hydrogens is 304 g/mol. The maximum atomic E-state index is 4.19. The quantitative estimate of drug-likeness (QED) is 0.919. The van der Waals surface area contributed by atoms with Crippen molar-refractivity contribution in [3.05, 3.63) is 40.1 Å². The molecule has 0 aliphatic carbocycles. The fraction of sp³-hybridized carbons (Fsp3) is 0.429. The summed E-state index contributed by atoms with van der Waals surface area (Å²) < 4.78 is 2.90. The maximum Gasteiger partial charge on any atom is 0.0969 e. The molecule has 0 bridgehead atoms. The number of benzene rings is 1. The van der Waals surface area contributed by atoms with Crippen molar-refractivity contribution in [3.63, 3.8) is 0 Å². The van der Waals surface area contributed by atoms with Crippen LogP contribution in [0.25, 0.3) is 5.69 Å². The molecule has 0 aliphatic rings. The third kappa shape index (κ3) is 3.88. The molecule has 5 heteroatoms. The van der Waals surface area contributed by atoms with Crippen LogP contribution in [0.3, 0.4) is 0 Å². The van der Waals surface area contributed by atoms with Crippen LogP contribution < -0.4 is 5.32 Å². The van der Waals surface area contributed by atoms with Crippen molar-refractivity contribution in [1.29, 1.82) is 0 Å². The summed E-state index contributed by atoms with van der Waals surface area (Å²) in [5.74, 6) is 0.642. The molecule has 1 N–H and O–H groups in total. The van der Waals surface area contributed by atoms with Crippen molar-refractivity contribution >= 4 is 15.9 Å². The van der Waals surface area contributed by atoms with Crippen LogP contribution in [-0.4, -0.2) is 21.5 Å². The zero-order valence-electron chi connectivity index (χ0n) is 11.5. The fourth-order valence-corrected chi connectivity index (χ4v) is 2.34. The highest BCUT2D eigenvalue weighted by molar-refractivity contribution is 9.10. The highest BCUT2D eigenvalue weighted by Gasteiger charge is 2.06. The van der Waals surface area contributed by atoms with Gasteiger partial charge in [0.1, 0.15) is 0 Å². The molecule has 19 heavy (non-hydrogen) atoms. The first-order valence-corrected chi connectivity index (χ1v) is 7.24. The molecule has 1 aromatic carbocycles. The molecule has 102 valence electrons. The van der Waals surface area contributed by atoms with Gasteiger partial charge in [0.2, 0.25) is 0 Å². The summed E-state index contributed by atoms with van der Waals surface area (Å²) in [7, 11) is 0. The van der Waals surface area contributed by atoms with E-state index in [1.807, 2.05) is 23.0 Å². The van der Waals surface area contributed by atoms with E-state index in [4.69, 9.17) is 0 Å². The van der Waals surface area contributed by atoms with Crippen molar-refractivity contribution in [1.82, 2.24) is 20.3 Å². The standard InChI is InChI=1S/C14H19BrN4/c1-10(2)7-16-8-13-9-19(18-17-13)14-5-4-12(15)6-11(14)3/h4-6,9-10,16H,7-8H2,1-3H3. The van der Waals surface area contributed by atoms with Crippen LogP contribution in [0.5, 0.6) is 0 Å². The number of aryl methyl sites for hydroxylation is 1. The number of nitrogens with one attached hydrogen (secondary N) is 1. The van der Waals surface area contributed by atoms with Gasteiger partial charge >= 0.3 is 0 Å². The van der Waals surface area contributed by atoms with Crippen LogP contribution in [0, 0.1) is 12.8 Å². The van der Waals surface area contributed by atoms with Crippen molar-refractivity contribution in [2.45, 2.75) is 27.3 Å². The Hall–Kier alpha value is -1.20. The van der Waals surface area contributed by atoms with E-state index in [1.54, 1.807) is 0 Å². The summed E-state index contributed by atoms with van der Waals surface area (Å²) in [5.41, 5.74) is 3.19. The monoisotopic (exact) mass is 322 g/mol. The molecule has 0 radical (unpaired) electrons. The Balaban J connectivity index is 2.08. The Kier molecular flexibility index (Phi) is 4.71. The zero-order valence-corrected chi connectivity index (χ0v) is 13.1. The molecule has 0 aliphatic heterocycles. The van der Waals surface area contributed by atoms with Crippen LogP contribution >= 0.6 is 15.9 Å². The Morgan fingerprint density at radius 2 is 2.16 bits per heavy atom. The van der Waals surface area contributed by atoms with E-state index in [1.165, 1.54) is 5.56 Å². The third-order valence-corrected chi connectivity index (χ3v) is 3.30. The Bertz CT molecular complexity index is 548. The lowest BCUT2D eigenvalue weighted by atomic mass is 10.2. The van der Waals surface area contributed by atoms with Crippen molar-refractivity contribution < 1.29 is 0 Å². The van der Waals surface area contributed by atoms with Crippen LogP contribution in [-0.2, 0) is 6.54 Å². The van der Waals surface area contributed by atoms with Gasteiger partial charge in [0, 0.05) is 11.0 Å². The van der Waals surface area contributed by atoms with E-state index < -0.39 is 0 Å². The van der Waals surface area contributed by atoms with E-state index >= 15 is 0 Å². The molecular formula is C14H19BrN4. The summed E-state index contributed by atoms with van der Waals surface area (Å²) in [6.45, 7) is 8.19. The van der Waals surface area contributed by atoms with Gasteiger partial charge in [-0.1, -0.05) is 35.0 Å². The lowest BCUT2D eigenvalue weighted by molar-refractivity contribution is 0.548. The lowest BCUT2D eigenvalue weighted by Gasteiger charge is -2.05. The normalized spacial score (nSPS) is 11.2. The molecule has 4 nitrogen and oxygen atoms in total. The second-order valence-electron chi connectivity index (χ2n) is 5.11. The molecule has 1 aromatic heterocycles. The summed E-state index contributed by atoms with van der Waals surface area (Å²) in [6, 6.07) is 6.13. The fourth-order valence-electron chi connectivity index (χ4n) is 1.86. The topological polar surface area (TPSA) is 42.7 Å². The largest absolute Gasteiger partial charge is 0.311 e. The van der Waals surface area contributed by atoms with Gasteiger partial charge in [-0.15, -0.1) is 5.10 Å². The van der Waals surface area contributed by atoms with Gasteiger partial charge in [-0.2, -0.15) is 0 Å². The second kappa shape index (κ2) is 6.30. The first-order chi connectivity index (χ1) is 9.06. The molecule has 0 fully saturated rings. The van der Waals surface area contributed by atoms with Gasteiger partial charge in [-0.05, 0) is 43.1 Å². The lowest BCUT2D eigenvalue weighted by Crippen LogP contribution is -2.19. The van der Waals surface area contributed by atoms with Crippen molar-refractivity contribution in [3.8, 4) is 5.69 Å². The molecule has 1 heterocycles. The molecule has 0 unspecified atom stereocenters. The van der Waals surface area contributed by atoms with Crippen molar-refractivity contribution in [2.24, 2.45) is 5.92 Å². The summed E-state index contributed by atoms with van der Waals surface area (Å²) >= 11 is 3.47. The van der Waals surface area contributed by atoms with E-state index in [0.29, 0.717) is 5.92 Å². The maximum absolute atomic E-state index is 4.19. The van der Waals surface area contributed by atoms with Crippen LogP contribution in [0.2, 0.25) is 0 Å². The smallest absolute Gasteiger partial charge is 0.0969 e. The molecule has 0 atom stereocenters. The number of hydrogen-bond donors (Lipinski definition) is 1. The van der Waals surface area contributed by atoms with E-state index in [-0.39, 0.29) is 0 Å². The van der Waals surface area contributed by atoms with E-state index in [0.717, 1.165) is 28.9 Å². The highest BCUT2D eigenvalue weighted by Crippen LogP contribution is 2.18. The number of rotatable bonds is 5. The molecule has 0 spiro atoms. The Morgan fingerprint density at radius 1 is 1.37 bits per heavy atom. The molecule has 2 aromatic rings. The number of halogens is 1. The highest BCUT2D eigenvalue weighted by atomic mass is 79.9. The van der Waals surface area contributed by atoms with Crippen LogP contribution in [0.15, 0.2) is 28.9 Å². The predicted octanol–water partition coefficient (Wildman–Crippen LogP) is 3.08. The van der Waals surface area contributed by atoms with Gasteiger partial charge in [-0.25, -0.2) is 4.68 Å². The van der Waals surface area contributed by atoms with Crippen molar-refractivity contribution in [2.75, 3.05) is 6.54 Å². The SMILES string of the molecule is Cc1cc(Br)ccc1-n1cc(CNCC(C)C)nn1. The van der Waals surface area contributed by atoms with Crippen LogP contribution in [0.1, 0.15) is 25.1 Å². The van der Waals surface area contributed by atoms with E-state index in [2.05, 4.69) is 58.4 Å². The second-order valence-corrected chi connectivity index (χ2v) is 6.03. The first kappa shape index (κ1) is 14.2. The minimum atomic E-state index is 0.642. The van der Waals surface area contributed by atoms with Crippen LogP contribution in [0.4, 0.5) is 0 Å². The summed E-state index contributed by atoms with van der Waals surface area (Å²) in [6.07, 6.45) is 1.98. The average molecular weight is 323 g/mol. The number of aromatic nitrogens is 3. The van der Waals surface area contributed by atoms with Gasteiger partial charge in [0.25, 0.3) is 0 Å². The predicted molar refractivity (Wildman–Crippen MR) is 80.3 cm³/mol. The van der Waals surface area contributed by atoms with Gasteiger partial charge in [0.15, 0.2) is 0 Å². The Morgan fingerprint density at radius 3 is 2.84 bits per heavy atom. The Labute approximate surface area is 122 Å². The summed E-state index contributed by atoms with van der Waals surface area (Å²) in [5, 5.41) is 11.7. The zero-order chi connectivity index (χ0) is 13.8. The summed E-state index contributed by atoms with van der Waals surface area (Å²) in [4.78, 5) is 0. The molecule has 0 amide bonds. The number of nitrogens with zero attached hydrogens (tertiary/aromatic N) is 3.